The van der Waals surface area contributed by atoms with E-state index < -0.39 is 0 Å². The summed E-state index contributed by atoms with van der Waals surface area (Å²) in [4.78, 5) is 6.80. The number of nitrogens with zero attached hydrogens (tertiary/aromatic N) is 2. The molecule has 0 aromatic carbocycles. The molecule has 1 aliphatic rings. The molecule has 0 unspecified atom stereocenters. The highest BCUT2D eigenvalue weighted by atomic mass is 15.1. The van der Waals surface area contributed by atoms with Crippen LogP contribution in [0.15, 0.2) is 18.3 Å². The second-order valence-corrected chi connectivity index (χ2v) is 4.22. The van der Waals surface area contributed by atoms with Gasteiger partial charge in [0.1, 0.15) is 5.82 Å². The number of aromatic nitrogens is 1. The Kier molecular flexibility index (Phi) is 3.21. The molecule has 1 atom stereocenters. The molecule has 0 bridgehead atoms. The number of rotatable bonds is 2. The van der Waals surface area contributed by atoms with Crippen molar-refractivity contribution in [1.82, 2.24) is 9.88 Å². The second-order valence-electron chi connectivity index (χ2n) is 4.22. The number of anilines is 1. The smallest absolute Gasteiger partial charge is 0.125 e. The zero-order valence-electron chi connectivity index (χ0n) is 9.53. The van der Waals surface area contributed by atoms with Crippen LogP contribution in [0.5, 0.6) is 0 Å². The summed E-state index contributed by atoms with van der Waals surface area (Å²) in [6, 6.07) is 4.81. The minimum atomic E-state index is 0.567. The van der Waals surface area contributed by atoms with Crippen LogP contribution in [0, 0.1) is 0 Å². The van der Waals surface area contributed by atoms with E-state index in [1.165, 1.54) is 31.4 Å². The van der Waals surface area contributed by atoms with Gasteiger partial charge in [-0.2, -0.15) is 0 Å². The van der Waals surface area contributed by atoms with Crippen LogP contribution < -0.4 is 5.32 Å². The maximum atomic E-state index is 4.37. The van der Waals surface area contributed by atoms with Crippen molar-refractivity contribution in [2.24, 2.45) is 0 Å². The summed E-state index contributed by atoms with van der Waals surface area (Å²) in [5, 5.41) is 3.04. The quantitative estimate of drug-likeness (QED) is 0.803. The lowest BCUT2D eigenvalue weighted by atomic mass is 9.97. The third-order valence-corrected chi connectivity index (χ3v) is 3.20. The van der Waals surface area contributed by atoms with Gasteiger partial charge in [0.05, 0.1) is 0 Å². The van der Waals surface area contributed by atoms with E-state index in [0.29, 0.717) is 6.04 Å². The lowest BCUT2D eigenvalue weighted by molar-refractivity contribution is 0.187. The predicted molar refractivity (Wildman–Crippen MR) is 63.0 cm³/mol. The van der Waals surface area contributed by atoms with E-state index >= 15 is 0 Å². The van der Waals surface area contributed by atoms with E-state index in [2.05, 4.69) is 34.4 Å². The van der Waals surface area contributed by atoms with Gasteiger partial charge in [-0.1, -0.05) is 12.5 Å². The lowest BCUT2D eigenvalue weighted by Crippen LogP contribution is -2.29. The van der Waals surface area contributed by atoms with Crippen molar-refractivity contribution in [3.63, 3.8) is 0 Å². The van der Waals surface area contributed by atoms with Gasteiger partial charge < -0.3 is 5.32 Å². The average molecular weight is 205 g/mol. The fraction of sp³-hybridized carbons (Fsp3) is 0.583. The van der Waals surface area contributed by atoms with E-state index in [1.807, 2.05) is 13.2 Å². The van der Waals surface area contributed by atoms with E-state index in [-0.39, 0.29) is 0 Å². The van der Waals surface area contributed by atoms with Gasteiger partial charge in [0.15, 0.2) is 0 Å². The Morgan fingerprint density at radius 1 is 1.40 bits per heavy atom. The summed E-state index contributed by atoms with van der Waals surface area (Å²) in [5.41, 5.74) is 1.34. The first-order chi connectivity index (χ1) is 7.31. The predicted octanol–water partition coefficient (Wildman–Crippen LogP) is 2.28. The molecule has 15 heavy (non-hydrogen) atoms. The Morgan fingerprint density at radius 2 is 2.27 bits per heavy atom. The maximum Gasteiger partial charge on any atom is 0.125 e. The standard InChI is InChI=1S/C12H19N3/c1-13-12-7-6-10(9-14-12)11-5-3-4-8-15(11)2/h6-7,9,11H,3-5,8H2,1-2H3,(H,13,14)/t11-/m1/s1. The van der Waals surface area contributed by atoms with E-state index in [1.54, 1.807) is 0 Å². The zero-order chi connectivity index (χ0) is 10.7. The van der Waals surface area contributed by atoms with Crippen LogP contribution in [0.4, 0.5) is 5.82 Å². The third-order valence-electron chi connectivity index (χ3n) is 3.20. The fourth-order valence-electron chi connectivity index (χ4n) is 2.25. The van der Waals surface area contributed by atoms with E-state index in [0.717, 1.165) is 5.82 Å². The number of nitrogens with one attached hydrogen (secondary N) is 1. The van der Waals surface area contributed by atoms with Crippen LogP contribution in [-0.4, -0.2) is 30.5 Å². The summed E-state index contributed by atoms with van der Waals surface area (Å²) in [5.74, 6) is 0.942. The van der Waals surface area contributed by atoms with Crippen molar-refractivity contribution in [2.45, 2.75) is 25.3 Å². The first kappa shape index (κ1) is 10.4. The Labute approximate surface area is 91.5 Å². The van der Waals surface area contributed by atoms with Crippen molar-refractivity contribution in [2.75, 3.05) is 26.0 Å². The van der Waals surface area contributed by atoms with Crippen molar-refractivity contribution < 1.29 is 0 Å². The Hall–Kier alpha value is -1.09. The molecule has 0 radical (unpaired) electrons. The molecular formula is C12H19N3. The highest BCUT2D eigenvalue weighted by Crippen LogP contribution is 2.29. The first-order valence-corrected chi connectivity index (χ1v) is 5.65. The number of piperidine rings is 1. The van der Waals surface area contributed by atoms with Crippen molar-refractivity contribution >= 4 is 5.82 Å². The summed E-state index contributed by atoms with van der Waals surface area (Å²) >= 11 is 0. The molecular weight excluding hydrogens is 186 g/mol. The number of likely N-dealkylation sites (tertiary alicyclic amines) is 1. The van der Waals surface area contributed by atoms with Crippen LogP contribution in [0.25, 0.3) is 0 Å². The fourth-order valence-corrected chi connectivity index (χ4v) is 2.25. The number of hydrogen-bond acceptors (Lipinski definition) is 3. The molecule has 1 N–H and O–H groups in total. The molecule has 2 rings (SSSR count). The SMILES string of the molecule is CNc1ccc([C@H]2CCCCN2C)cn1. The summed E-state index contributed by atoms with van der Waals surface area (Å²) in [7, 11) is 4.10. The summed E-state index contributed by atoms with van der Waals surface area (Å²) < 4.78 is 0. The van der Waals surface area contributed by atoms with Crippen LogP contribution in [0.2, 0.25) is 0 Å². The number of hydrogen-bond donors (Lipinski definition) is 1. The molecule has 0 aliphatic carbocycles. The molecule has 1 aliphatic heterocycles. The van der Waals surface area contributed by atoms with Gasteiger partial charge in [0, 0.05) is 19.3 Å². The minimum Gasteiger partial charge on any atom is -0.373 e. The van der Waals surface area contributed by atoms with Crippen molar-refractivity contribution in [1.29, 1.82) is 0 Å². The van der Waals surface area contributed by atoms with Crippen LogP contribution in [0.1, 0.15) is 30.9 Å². The van der Waals surface area contributed by atoms with Gasteiger partial charge in [0.2, 0.25) is 0 Å². The topological polar surface area (TPSA) is 28.2 Å². The molecule has 0 amide bonds. The number of pyridine rings is 1. The zero-order valence-corrected chi connectivity index (χ0v) is 9.53. The molecule has 1 aromatic heterocycles. The minimum absolute atomic E-state index is 0.567. The Balaban J connectivity index is 2.13. The van der Waals surface area contributed by atoms with Crippen molar-refractivity contribution in [3.8, 4) is 0 Å². The summed E-state index contributed by atoms with van der Waals surface area (Å²) in [6.07, 6.45) is 5.92. The van der Waals surface area contributed by atoms with Crippen molar-refractivity contribution in [3.05, 3.63) is 23.9 Å². The van der Waals surface area contributed by atoms with Crippen LogP contribution >= 0.6 is 0 Å². The third kappa shape index (κ3) is 2.29. The van der Waals surface area contributed by atoms with Gasteiger partial charge in [-0.05, 0) is 38.1 Å². The molecule has 1 saturated heterocycles. The molecule has 0 saturated carbocycles. The Bertz CT molecular complexity index is 307. The Morgan fingerprint density at radius 3 is 2.87 bits per heavy atom. The summed E-state index contributed by atoms with van der Waals surface area (Å²) in [6.45, 7) is 1.21. The van der Waals surface area contributed by atoms with Gasteiger partial charge in [-0.15, -0.1) is 0 Å². The molecule has 82 valence electrons. The van der Waals surface area contributed by atoms with Crippen LogP contribution in [-0.2, 0) is 0 Å². The monoisotopic (exact) mass is 205 g/mol. The van der Waals surface area contributed by atoms with Crippen LogP contribution in [0.3, 0.4) is 0 Å². The lowest BCUT2D eigenvalue weighted by Gasteiger charge is -2.32. The highest BCUT2D eigenvalue weighted by Gasteiger charge is 2.20. The van der Waals surface area contributed by atoms with E-state index in [9.17, 15) is 0 Å². The second kappa shape index (κ2) is 4.62. The molecule has 1 aromatic rings. The van der Waals surface area contributed by atoms with E-state index in [4.69, 9.17) is 0 Å². The highest BCUT2D eigenvalue weighted by molar-refractivity contribution is 5.35. The molecule has 3 heteroatoms. The molecule has 0 spiro atoms. The largest absolute Gasteiger partial charge is 0.373 e. The molecule has 2 heterocycles. The molecule has 3 nitrogen and oxygen atoms in total. The van der Waals surface area contributed by atoms with Gasteiger partial charge >= 0.3 is 0 Å². The normalized spacial score (nSPS) is 22.7. The maximum absolute atomic E-state index is 4.37. The molecule has 1 fully saturated rings. The van der Waals surface area contributed by atoms with Gasteiger partial charge in [-0.3, -0.25) is 4.90 Å². The van der Waals surface area contributed by atoms with Gasteiger partial charge in [-0.25, -0.2) is 4.98 Å². The first-order valence-electron chi connectivity index (χ1n) is 5.65. The van der Waals surface area contributed by atoms with Gasteiger partial charge in [0.25, 0.3) is 0 Å². The average Bonchev–Trinajstić information content (AvgIpc) is 2.30.